The van der Waals surface area contributed by atoms with E-state index < -0.39 is 15.4 Å². The minimum absolute atomic E-state index is 0. The van der Waals surface area contributed by atoms with E-state index in [9.17, 15) is 0 Å². The van der Waals surface area contributed by atoms with Crippen molar-refractivity contribution in [2.75, 3.05) is 17.7 Å². The summed E-state index contributed by atoms with van der Waals surface area (Å²) in [5.41, 5.74) is 16.2. The Morgan fingerprint density at radius 2 is 1.20 bits per heavy atom. The third-order valence-corrected chi connectivity index (χ3v) is 5.44. The molecule has 236 valence electrons. The molecule has 6 N–H and O–H groups in total. The van der Waals surface area contributed by atoms with Crippen LogP contribution in [0.2, 0.25) is 16.4 Å². The first-order valence-electron chi connectivity index (χ1n) is 13.7. The Labute approximate surface area is 373 Å². The molecule has 2 rings (SSSR count). The van der Waals surface area contributed by atoms with Gasteiger partial charge in [-0.2, -0.15) is 23.2 Å². The summed E-state index contributed by atoms with van der Waals surface area (Å²) < 4.78 is 11.3. The molecular weight excluding hydrogens is 738 g/mol. The van der Waals surface area contributed by atoms with Gasteiger partial charge in [-0.25, -0.2) is 4.67 Å². The summed E-state index contributed by atoms with van der Waals surface area (Å²) in [4.78, 5) is 8.87. The topological polar surface area (TPSA) is 212 Å². The third-order valence-electron chi connectivity index (χ3n) is 4.69. The number of nitrogens with two attached hydrogens (primary N) is 2. The molecule has 1 unspecified atom stereocenters. The molecule has 2 aromatic carbocycles. The predicted octanol–water partition coefficient (Wildman–Crippen LogP) is 1.18. The van der Waals surface area contributed by atoms with Gasteiger partial charge in [0.1, 0.15) is 0 Å². The van der Waals surface area contributed by atoms with Gasteiger partial charge in [0.25, 0.3) is 0 Å². The zero-order valence-electron chi connectivity index (χ0n) is 28.0. The van der Waals surface area contributed by atoms with Crippen LogP contribution in [-0.2, 0) is 22.1 Å². The van der Waals surface area contributed by atoms with E-state index in [1.54, 1.807) is 6.26 Å². The van der Waals surface area contributed by atoms with Crippen LogP contribution in [0.15, 0.2) is 24.3 Å². The molecule has 18 heteroatoms. The number of nitriles is 2. The molecule has 0 spiro atoms. The average Bonchev–Trinajstić information content (AvgIpc) is 2.95. The molecule has 0 aromatic heterocycles. The normalized spacial score (nSPS) is 9.44. The zero-order chi connectivity index (χ0) is 35.6. The second-order valence-corrected chi connectivity index (χ2v) is 11.3. The molecule has 0 heterocycles. The number of hydrogen-bond donors (Lipinski definition) is 5. The van der Waals surface area contributed by atoms with E-state index >= 15 is 0 Å². The first kappa shape index (κ1) is 57.2. The number of thiol groups is 1. The van der Waals surface area contributed by atoms with Crippen LogP contribution in [-0.4, -0.2) is 86.6 Å². The van der Waals surface area contributed by atoms with Crippen LogP contribution >= 0.6 is 44.1 Å². The molecule has 0 saturated heterocycles. The average molecular weight is 780 g/mol. The Kier molecular flexibility index (Phi) is 46.5. The van der Waals surface area contributed by atoms with Gasteiger partial charge in [0.05, 0.1) is 39.0 Å². The second-order valence-electron chi connectivity index (χ2n) is 9.89. The summed E-state index contributed by atoms with van der Waals surface area (Å²) in [5.74, 6) is 1.48. The van der Waals surface area contributed by atoms with Crippen LogP contribution in [0.3, 0.4) is 0 Å². The Balaban J connectivity index is -0.000000165. The summed E-state index contributed by atoms with van der Waals surface area (Å²) in [6, 6.07) is 10.9. The minimum atomic E-state index is -3.15. The van der Waals surface area contributed by atoms with Gasteiger partial charge in [-0.1, -0.05) is 64.7 Å². The van der Waals surface area contributed by atoms with E-state index in [-0.39, 0.29) is 51.4 Å². The fraction of sp³-hybridized carbons (Fsp3) is 0.481. The molecule has 2 aromatic rings. The van der Waals surface area contributed by atoms with Crippen molar-refractivity contribution in [2.45, 2.75) is 60.7 Å². The Bertz CT molecular complexity index is 1120. The summed E-state index contributed by atoms with van der Waals surface area (Å²) in [6.45, 7) is 12.6. The van der Waals surface area contributed by atoms with Crippen molar-refractivity contribution in [1.29, 1.82) is 10.5 Å². The molecule has 0 radical (unpaired) electrons. The molecule has 0 bridgehead atoms. The van der Waals surface area contributed by atoms with Crippen molar-refractivity contribution in [3.05, 3.63) is 56.6 Å². The molecule has 10 nitrogen and oxygen atoms in total. The Morgan fingerprint density at radius 3 is 1.40 bits per heavy atom. The maximum absolute atomic E-state index is 9.05. The number of anilines is 2. The van der Waals surface area contributed by atoms with E-state index in [0.29, 0.717) is 45.4 Å². The molecule has 0 aliphatic heterocycles. The molecule has 0 amide bonds. The second kappa shape index (κ2) is 36.6. The van der Waals surface area contributed by atoms with Gasteiger partial charge in [-0.15, -0.1) is 0 Å². The van der Waals surface area contributed by atoms with Crippen LogP contribution in [0, 0.1) is 40.4 Å². The van der Waals surface area contributed by atoms with Crippen LogP contribution < -0.4 is 73.0 Å². The third kappa shape index (κ3) is 33.7. The van der Waals surface area contributed by atoms with Crippen molar-refractivity contribution < 1.29 is 80.8 Å². The van der Waals surface area contributed by atoms with Gasteiger partial charge < -0.3 is 31.7 Å². The van der Waals surface area contributed by atoms with E-state index in [1.807, 2.05) is 32.0 Å². The molecule has 0 saturated carbocycles. The SMILES string of the molecule is CC(C)CB(O)O.CC(C)Cc1cc(C#N)cc(CC(C)C)c1N.CS.N#Cc1cc(Cl)c(N)c(Cl)c1.O=[P+]([O-])O[O-].[K+].[K][K]. The van der Waals surface area contributed by atoms with E-state index in [4.69, 9.17) is 70.0 Å². The first-order chi connectivity index (χ1) is 20.5. The van der Waals surface area contributed by atoms with Crippen molar-refractivity contribution in [3.8, 4) is 12.1 Å². The van der Waals surface area contributed by atoms with Crippen molar-refractivity contribution in [2.24, 2.45) is 17.8 Å². The summed E-state index contributed by atoms with van der Waals surface area (Å²) in [6.07, 6.45) is 4.04. The number of halogens is 2. The molecule has 0 fully saturated rings. The molecule has 1 atom stereocenters. The molecule has 0 aliphatic rings. The van der Waals surface area contributed by atoms with E-state index in [2.05, 4.69) is 51.1 Å². The van der Waals surface area contributed by atoms with E-state index in [1.165, 1.54) is 75.3 Å². The number of nitrogen functional groups attached to an aromatic ring is 2. The summed E-state index contributed by atoms with van der Waals surface area (Å²) in [5, 5.41) is 43.2. The summed E-state index contributed by atoms with van der Waals surface area (Å²) >= 11 is 17.3. The quantitative estimate of drug-likeness (QED) is 0.0677. The Morgan fingerprint density at radius 1 is 0.889 bits per heavy atom. The van der Waals surface area contributed by atoms with Crippen molar-refractivity contribution in [1.82, 2.24) is 0 Å². The Hall–Kier alpha value is 2.82. The summed E-state index contributed by atoms with van der Waals surface area (Å²) in [7, 11) is -4.28. The molecule has 0 aliphatic carbocycles. The van der Waals surface area contributed by atoms with Gasteiger partial charge in [0, 0.05) is 5.69 Å². The fourth-order valence-electron chi connectivity index (χ4n) is 3.13. The number of hydrogen-bond acceptors (Lipinski definition) is 11. The van der Waals surface area contributed by atoms with Gasteiger partial charge in [-0.3, -0.25) is 0 Å². The maximum atomic E-state index is 9.05. The monoisotopic (exact) mass is 778 g/mol. The first-order valence-corrected chi connectivity index (χ1v) is 32.4. The molecular formula is C27H41BCl2K3N4O6PS. The van der Waals surface area contributed by atoms with Crippen LogP contribution in [0.5, 0.6) is 0 Å². The van der Waals surface area contributed by atoms with Crippen LogP contribution in [0.25, 0.3) is 0 Å². The fourth-order valence-corrected chi connectivity index (χ4v) is 3.62. The molecule has 45 heavy (non-hydrogen) atoms. The number of benzene rings is 2. The van der Waals surface area contributed by atoms with Gasteiger partial charge in [0.2, 0.25) is 0 Å². The van der Waals surface area contributed by atoms with Crippen LogP contribution in [0.4, 0.5) is 11.4 Å². The van der Waals surface area contributed by atoms with E-state index in [0.717, 1.165) is 35.2 Å². The van der Waals surface area contributed by atoms with Gasteiger partial charge in [0.15, 0.2) is 0 Å². The number of rotatable bonds is 7. The standard InChI is InChI=1S/C15H22N2.C7H4Cl2N2.C4H11BO2.CH4S.3K.HO4P/c1-10(2)5-13-7-12(9-16)8-14(15(13)17)6-11(3)4;8-5-1-4(3-10)2-6(9)7(5)11;1-4(2)3-5(6)7;1-2;;;;1-4-5(2)3/h7-8,10-11H,5-6,17H2,1-4H3;1-2H,11H2;4,6-7H,3H2,1-2H3;2H,1H3;;;;1H/q;;;;;;+1;/p-1. The number of nitrogens with zero attached hydrogens (tertiary/aromatic N) is 2. The van der Waals surface area contributed by atoms with Crippen molar-refractivity contribution in [3.63, 3.8) is 0 Å². The van der Waals surface area contributed by atoms with Gasteiger partial charge >= 0.3 is 130 Å². The van der Waals surface area contributed by atoms with Gasteiger partial charge in [-0.05, 0) is 83.1 Å². The predicted molar refractivity (Wildman–Crippen MR) is 183 cm³/mol. The zero-order valence-corrected chi connectivity index (χ0v) is 40.6. The van der Waals surface area contributed by atoms with Crippen molar-refractivity contribution >= 4 is 126 Å². The van der Waals surface area contributed by atoms with Crippen LogP contribution in [0.1, 0.15) is 63.8 Å².